The minimum atomic E-state index is -0.388. The maximum atomic E-state index is 12.1. The van der Waals surface area contributed by atoms with Crippen molar-refractivity contribution in [2.45, 2.75) is 41.5 Å². The first kappa shape index (κ1) is 20.1. The van der Waals surface area contributed by atoms with Crippen molar-refractivity contribution in [1.29, 1.82) is 5.26 Å². The molecule has 0 saturated carbocycles. The third-order valence-corrected chi connectivity index (χ3v) is 7.55. The van der Waals surface area contributed by atoms with E-state index in [1.54, 1.807) is 36.0 Å². The van der Waals surface area contributed by atoms with E-state index < -0.39 is 0 Å². The fourth-order valence-corrected chi connectivity index (χ4v) is 5.45. The van der Waals surface area contributed by atoms with Gasteiger partial charge in [0.05, 0.1) is 18.2 Å². The van der Waals surface area contributed by atoms with Gasteiger partial charge in [-0.25, -0.2) is 4.79 Å². The quantitative estimate of drug-likeness (QED) is 0.534. The monoisotopic (exact) mass is 430 g/mol. The molecule has 0 bridgehead atoms. The van der Waals surface area contributed by atoms with Gasteiger partial charge in [0.1, 0.15) is 5.60 Å². The molecule has 0 radical (unpaired) electrons. The van der Waals surface area contributed by atoms with Gasteiger partial charge in [-0.15, -0.1) is 10.2 Å². The van der Waals surface area contributed by atoms with E-state index in [1.165, 1.54) is 11.3 Å². The smallest absolute Gasteiger partial charge is 0.325 e. The van der Waals surface area contributed by atoms with Crippen LogP contribution in [-0.4, -0.2) is 57.7 Å². The zero-order valence-corrected chi connectivity index (χ0v) is 17.8. The lowest BCUT2D eigenvalue weighted by Gasteiger charge is -2.27. The van der Waals surface area contributed by atoms with E-state index in [2.05, 4.69) is 39.6 Å². The summed E-state index contributed by atoms with van der Waals surface area (Å²) in [5.74, 6) is 0. The Morgan fingerprint density at radius 2 is 2.17 bits per heavy atom. The molecule has 3 heterocycles. The molecule has 10 heteroatoms. The second-order valence-electron chi connectivity index (χ2n) is 7.44. The number of nitriles is 1. The van der Waals surface area contributed by atoms with Gasteiger partial charge in [0.2, 0.25) is 5.13 Å². The number of benzene rings is 1. The van der Waals surface area contributed by atoms with Crippen molar-refractivity contribution in [2.24, 2.45) is 0 Å². The van der Waals surface area contributed by atoms with Crippen LogP contribution >= 0.6 is 23.1 Å². The number of hydrogen-bond donors (Lipinski definition) is 2. The number of ether oxygens (including phenoxy) is 1. The second-order valence-corrected chi connectivity index (χ2v) is 9.97. The number of carbonyl (C=O) groups is 1. The molecule has 2 amide bonds. The number of carbonyl (C=O) groups excluding carboxylic acids is 1. The van der Waals surface area contributed by atoms with Crippen molar-refractivity contribution < 1.29 is 9.53 Å². The zero-order chi connectivity index (χ0) is 20.4. The molecule has 152 valence electrons. The molecule has 2 aromatic rings. The highest BCUT2D eigenvalue weighted by molar-refractivity contribution is 8.01. The molecule has 8 nitrogen and oxygen atoms in total. The molecule has 0 aliphatic carbocycles. The first-order chi connectivity index (χ1) is 13.9. The summed E-state index contributed by atoms with van der Waals surface area (Å²) in [7, 11) is 0. The third-order valence-electron chi connectivity index (χ3n) is 5.37. The molecule has 29 heavy (non-hydrogen) atoms. The topological polar surface area (TPSA) is 106 Å². The number of rotatable bonds is 6. The van der Waals surface area contributed by atoms with E-state index in [-0.39, 0.29) is 11.6 Å². The summed E-state index contributed by atoms with van der Waals surface area (Å²) in [6, 6.07) is 8.74. The zero-order valence-electron chi connectivity index (χ0n) is 16.2. The molecule has 2 N–H and O–H groups in total. The second kappa shape index (κ2) is 8.28. The van der Waals surface area contributed by atoms with Crippen LogP contribution in [0.25, 0.3) is 0 Å². The Kier molecular flexibility index (Phi) is 5.74. The molecule has 1 aromatic carbocycles. The van der Waals surface area contributed by atoms with Gasteiger partial charge < -0.3 is 10.1 Å². The number of nitrogens with one attached hydrogen (secondary N) is 2. The highest BCUT2D eigenvalue weighted by atomic mass is 32.2. The SMILES string of the molecule is C[C@H](N1CC[C@H](Sc2nnc(NC(=O)Nc3ccc(C#N)cc3)s2)C1)[C@@]1(C)CO1. The van der Waals surface area contributed by atoms with E-state index in [0.29, 0.717) is 27.7 Å². The number of nitrogens with zero attached hydrogens (tertiary/aromatic N) is 4. The lowest BCUT2D eigenvalue weighted by molar-refractivity contribution is 0.154. The molecule has 4 rings (SSSR count). The molecular formula is C19H22N6O2S2. The van der Waals surface area contributed by atoms with Crippen LogP contribution in [0.1, 0.15) is 25.8 Å². The number of epoxide rings is 1. The standard InChI is InChI=1S/C19H22N6O2S2/c1-12(19(2)11-27-19)25-8-7-15(10-25)28-18-24-23-17(29-18)22-16(26)21-14-5-3-13(9-20)4-6-14/h3-6,12,15H,7-8,10-11H2,1-2H3,(H2,21,22,23,26)/t12-,15-,19+/m0/s1. The Morgan fingerprint density at radius 1 is 1.41 bits per heavy atom. The van der Waals surface area contributed by atoms with Crippen molar-refractivity contribution in [2.75, 3.05) is 30.3 Å². The molecule has 0 unspecified atom stereocenters. The highest BCUT2D eigenvalue weighted by Crippen LogP contribution is 2.38. The molecule has 2 fully saturated rings. The Morgan fingerprint density at radius 3 is 2.86 bits per heavy atom. The summed E-state index contributed by atoms with van der Waals surface area (Å²) in [5, 5.41) is 23.4. The summed E-state index contributed by atoms with van der Waals surface area (Å²) in [5.41, 5.74) is 1.16. The van der Waals surface area contributed by atoms with Gasteiger partial charge in [0, 0.05) is 23.5 Å². The summed E-state index contributed by atoms with van der Waals surface area (Å²) in [6.45, 7) is 7.32. The minimum absolute atomic E-state index is 0.0155. The lowest BCUT2D eigenvalue weighted by Crippen LogP contribution is -2.41. The van der Waals surface area contributed by atoms with Crippen molar-refractivity contribution in [3.63, 3.8) is 0 Å². The van der Waals surface area contributed by atoms with Crippen LogP contribution in [0.15, 0.2) is 28.6 Å². The van der Waals surface area contributed by atoms with E-state index >= 15 is 0 Å². The van der Waals surface area contributed by atoms with Crippen LogP contribution in [0.5, 0.6) is 0 Å². The number of amides is 2. The largest absolute Gasteiger partial charge is 0.368 e. The maximum Gasteiger partial charge on any atom is 0.325 e. The third kappa shape index (κ3) is 4.87. The van der Waals surface area contributed by atoms with Crippen molar-refractivity contribution in [3.05, 3.63) is 29.8 Å². The predicted octanol–water partition coefficient (Wildman–Crippen LogP) is 3.40. The van der Waals surface area contributed by atoms with Gasteiger partial charge in [-0.3, -0.25) is 10.2 Å². The fourth-order valence-electron chi connectivity index (χ4n) is 3.28. The van der Waals surface area contributed by atoms with Crippen molar-refractivity contribution >= 4 is 39.9 Å². The van der Waals surface area contributed by atoms with E-state index in [9.17, 15) is 4.79 Å². The molecular weight excluding hydrogens is 408 g/mol. The van der Waals surface area contributed by atoms with E-state index in [0.717, 1.165) is 30.5 Å². The van der Waals surface area contributed by atoms with Crippen LogP contribution in [0.2, 0.25) is 0 Å². The first-order valence-corrected chi connectivity index (χ1v) is 11.1. The number of likely N-dealkylation sites (tertiary alicyclic amines) is 1. The number of urea groups is 1. The van der Waals surface area contributed by atoms with Crippen molar-refractivity contribution in [3.8, 4) is 6.07 Å². The minimum Gasteiger partial charge on any atom is -0.368 e. The molecule has 3 atom stereocenters. The van der Waals surface area contributed by atoms with Crippen LogP contribution in [0, 0.1) is 11.3 Å². The van der Waals surface area contributed by atoms with Crippen LogP contribution in [-0.2, 0) is 4.74 Å². The average molecular weight is 431 g/mol. The van der Waals surface area contributed by atoms with E-state index in [4.69, 9.17) is 10.00 Å². The maximum absolute atomic E-state index is 12.1. The Bertz CT molecular complexity index is 922. The van der Waals surface area contributed by atoms with Gasteiger partial charge in [-0.2, -0.15) is 5.26 Å². The summed E-state index contributed by atoms with van der Waals surface area (Å²) in [4.78, 5) is 14.6. The Balaban J connectivity index is 1.26. The number of thioether (sulfide) groups is 1. The summed E-state index contributed by atoms with van der Waals surface area (Å²) < 4.78 is 6.44. The average Bonchev–Trinajstić information content (AvgIpc) is 3.10. The van der Waals surface area contributed by atoms with Gasteiger partial charge in [-0.05, 0) is 51.1 Å². The van der Waals surface area contributed by atoms with Gasteiger partial charge in [0.15, 0.2) is 4.34 Å². The van der Waals surface area contributed by atoms with Crippen LogP contribution in [0.4, 0.5) is 15.6 Å². The highest BCUT2D eigenvalue weighted by Gasteiger charge is 2.48. The van der Waals surface area contributed by atoms with Gasteiger partial charge in [-0.1, -0.05) is 23.1 Å². The molecule has 2 aliphatic rings. The van der Waals surface area contributed by atoms with Gasteiger partial charge >= 0.3 is 6.03 Å². The summed E-state index contributed by atoms with van der Waals surface area (Å²) >= 11 is 3.09. The molecule has 2 saturated heterocycles. The molecule has 2 aliphatic heterocycles. The van der Waals surface area contributed by atoms with E-state index in [1.807, 2.05) is 6.07 Å². The predicted molar refractivity (Wildman–Crippen MR) is 113 cm³/mol. The van der Waals surface area contributed by atoms with Gasteiger partial charge in [0.25, 0.3) is 0 Å². The molecule has 1 aromatic heterocycles. The fraction of sp³-hybridized carbons (Fsp3) is 0.474. The Hall–Kier alpha value is -2.19. The summed E-state index contributed by atoms with van der Waals surface area (Å²) in [6.07, 6.45) is 1.10. The lowest BCUT2D eigenvalue weighted by atomic mass is 10.0. The van der Waals surface area contributed by atoms with Crippen LogP contribution < -0.4 is 10.6 Å². The first-order valence-electron chi connectivity index (χ1n) is 9.41. The Labute approximate surface area is 177 Å². The van der Waals surface area contributed by atoms with Crippen molar-refractivity contribution in [1.82, 2.24) is 15.1 Å². The molecule has 0 spiro atoms. The number of anilines is 2. The number of hydrogen-bond acceptors (Lipinski definition) is 8. The number of aromatic nitrogens is 2. The normalized spacial score (nSPS) is 24.7. The van der Waals surface area contributed by atoms with Crippen LogP contribution in [0.3, 0.4) is 0 Å².